The molecule has 1 atom stereocenters. The molecule has 0 aliphatic rings. The number of hydrogen-bond acceptors (Lipinski definition) is 7. The summed E-state index contributed by atoms with van der Waals surface area (Å²) in [5.74, 6) is -2.05. The molecule has 0 unspecified atom stereocenters. The van der Waals surface area contributed by atoms with Crippen molar-refractivity contribution < 1.29 is 22.3 Å². The maximum absolute atomic E-state index is 14.5. The molecule has 0 fully saturated rings. The summed E-state index contributed by atoms with van der Waals surface area (Å²) in [6.07, 6.45) is 3.21. The molecule has 2 aromatic heterocycles. The smallest absolute Gasteiger partial charge is 0.296 e. The fourth-order valence-corrected chi connectivity index (χ4v) is 6.12. The highest BCUT2D eigenvalue weighted by Crippen LogP contribution is 2.34. The molecule has 0 aliphatic heterocycles. The molecule has 41 heavy (non-hydrogen) atoms. The van der Waals surface area contributed by atoms with Crippen molar-refractivity contribution in [2.24, 2.45) is 0 Å². The number of nitriles is 1. The summed E-state index contributed by atoms with van der Waals surface area (Å²) in [6.45, 7) is 5.25. The molecule has 212 valence electrons. The normalized spacial score (nSPS) is 12.2. The van der Waals surface area contributed by atoms with Crippen molar-refractivity contribution in [2.75, 3.05) is 0 Å². The molecule has 0 saturated carbocycles. The second-order valence-corrected chi connectivity index (χ2v) is 11.4. The molecule has 0 spiro atoms. The van der Waals surface area contributed by atoms with Gasteiger partial charge in [-0.15, -0.1) is 0 Å². The van der Waals surface area contributed by atoms with Crippen LogP contribution in [0.1, 0.15) is 61.7 Å². The summed E-state index contributed by atoms with van der Waals surface area (Å²) in [6, 6.07) is 12.0. The van der Waals surface area contributed by atoms with Crippen molar-refractivity contribution in [3.05, 3.63) is 99.4 Å². The van der Waals surface area contributed by atoms with Gasteiger partial charge in [0.15, 0.2) is 4.90 Å². The molecular formula is C30H28F2N4O4S. The molecule has 8 nitrogen and oxygen atoms in total. The van der Waals surface area contributed by atoms with Gasteiger partial charge >= 0.3 is 0 Å². The average Bonchev–Trinajstić information content (AvgIpc) is 2.95. The molecule has 1 N–H and O–H groups in total. The maximum Gasteiger partial charge on any atom is 0.296 e. The molecule has 0 bridgehead atoms. The Morgan fingerprint density at radius 3 is 2.41 bits per heavy atom. The summed E-state index contributed by atoms with van der Waals surface area (Å²) < 4.78 is 57.2. The number of aromatic nitrogens is 3. The zero-order chi connectivity index (χ0) is 29.9. The van der Waals surface area contributed by atoms with Gasteiger partial charge in [-0.2, -0.15) is 14.6 Å². The second-order valence-electron chi connectivity index (χ2n) is 9.54. The molecule has 0 radical (unpaired) electrons. The Morgan fingerprint density at radius 1 is 1.10 bits per heavy atom. The van der Waals surface area contributed by atoms with Gasteiger partial charge in [0.2, 0.25) is 21.7 Å². The maximum atomic E-state index is 14.5. The SMILES string of the molecule is CCCCc1nc(=O)c(S(=O)(=O)c2ccc(-c3ccnc(F)c3C)cc2)c(O)n1[C@@H](CC)c1ccc(C#N)c(F)c1. The molecule has 2 heterocycles. The van der Waals surface area contributed by atoms with E-state index in [9.17, 15) is 27.1 Å². The summed E-state index contributed by atoms with van der Waals surface area (Å²) >= 11 is 0. The number of benzene rings is 2. The number of nitrogens with zero attached hydrogens (tertiary/aromatic N) is 4. The van der Waals surface area contributed by atoms with E-state index in [4.69, 9.17) is 5.26 Å². The lowest BCUT2D eigenvalue weighted by Gasteiger charge is -2.25. The van der Waals surface area contributed by atoms with Crippen LogP contribution in [0.5, 0.6) is 5.88 Å². The predicted octanol–water partition coefficient (Wildman–Crippen LogP) is 5.64. The van der Waals surface area contributed by atoms with Crippen LogP contribution in [-0.4, -0.2) is 28.1 Å². The number of aryl methyl sites for hydroxylation is 1. The Hall–Kier alpha value is -4.43. The van der Waals surface area contributed by atoms with Crippen LogP contribution in [0.25, 0.3) is 11.1 Å². The van der Waals surface area contributed by atoms with Crippen LogP contribution in [0.15, 0.2) is 69.3 Å². The molecule has 0 saturated heterocycles. The third-order valence-electron chi connectivity index (χ3n) is 6.97. The van der Waals surface area contributed by atoms with Gasteiger partial charge in [-0.25, -0.2) is 17.8 Å². The Labute approximate surface area is 236 Å². The Kier molecular flexibility index (Phi) is 8.63. The van der Waals surface area contributed by atoms with E-state index in [1.165, 1.54) is 47.2 Å². The summed E-state index contributed by atoms with van der Waals surface area (Å²) in [5.41, 5.74) is 0.450. The van der Waals surface area contributed by atoms with Crippen LogP contribution in [0.4, 0.5) is 8.78 Å². The molecule has 11 heteroatoms. The lowest BCUT2D eigenvalue weighted by Crippen LogP contribution is -2.27. The van der Waals surface area contributed by atoms with E-state index in [2.05, 4.69) is 9.97 Å². The van der Waals surface area contributed by atoms with Crippen molar-refractivity contribution in [3.63, 3.8) is 0 Å². The Morgan fingerprint density at radius 2 is 1.80 bits per heavy atom. The molecule has 0 aliphatic carbocycles. The molecule has 0 amide bonds. The van der Waals surface area contributed by atoms with Crippen LogP contribution < -0.4 is 5.56 Å². The minimum Gasteiger partial charge on any atom is -0.493 e. The van der Waals surface area contributed by atoms with E-state index < -0.39 is 44.0 Å². The van der Waals surface area contributed by atoms with Crippen LogP contribution in [0, 0.1) is 30.0 Å². The van der Waals surface area contributed by atoms with Gasteiger partial charge in [0.1, 0.15) is 17.7 Å². The summed E-state index contributed by atoms with van der Waals surface area (Å²) in [5, 5.41) is 20.5. The van der Waals surface area contributed by atoms with E-state index in [-0.39, 0.29) is 22.7 Å². The van der Waals surface area contributed by atoms with Crippen LogP contribution in [-0.2, 0) is 16.3 Å². The van der Waals surface area contributed by atoms with Crippen LogP contribution in [0.2, 0.25) is 0 Å². The lowest BCUT2D eigenvalue weighted by molar-refractivity contribution is 0.358. The van der Waals surface area contributed by atoms with Gasteiger partial charge in [0.05, 0.1) is 16.5 Å². The Balaban J connectivity index is 1.88. The number of unbranched alkanes of at least 4 members (excludes halogenated alkanes) is 1. The topological polar surface area (TPSA) is 126 Å². The van der Waals surface area contributed by atoms with Crippen LogP contribution in [0.3, 0.4) is 0 Å². The van der Waals surface area contributed by atoms with E-state index in [1.807, 2.05) is 6.92 Å². The van der Waals surface area contributed by atoms with E-state index >= 15 is 0 Å². The molecule has 2 aromatic carbocycles. The number of aromatic hydroxyl groups is 1. The monoisotopic (exact) mass is 578 g/mol. The van der Waals surface area contributed by atoms with Crippen molar-refractivity contribution in [3.8, 4) is 23.1 Å². The standard InChI is InChI=1S/C30H28F2N4O4S/c1-4-6-7-26-35-29(37)27(30(38)36(26)25(5-2)20-8-9-21(17-33)24(31)16-20)41(39,40)22-12-10-19(11-13-22)23-14-15-34-28(32)18(23)3/h8-16,25,38H,4-7H2,1-3H3/t25-/m0/s1. The summed E-state index contributed by atoms with van der Waals surface area (Å²) in [4.78, 5) is 19.6. The number of halogens is 2. The number of pyridine rings is 1. The van der Waals surface area contributed by atoms with Gasteiger partial charge in [0, 0.05) is 18.2 Å². The highest BCUT2D eigenvalue weighted by atomic mass is 32.2. The van der Waals surface area contributed by atoms with Gasteiger partial charge in [0.25, 0.3) is 5.56 Å². The average molecular weight is 579 g/mol. The fraction of sp³-hybridized carbons (Fsp3) is 0.267. The first-order chi connectivity index (χ1) is 19.5. The van der Waals surface area contributed by atoms with E-state index in [0.717, 1.165) is 12.5 Å². The van der Waals surface area contributed by atoms with Crippen molar-refractivity contribution >= 4 is 9.84 Å². The van der Waals surface area contributed by atoms with Gasteiger partial charge in [-0.3, -0.25) is 9.36 Å². The van der Waals surface area contributed by atoms with E-state index in [0.29, 0.717) is 35.1 Å². The summed E-state index contributed by atoms with van der Waals surface area (Å²) in [7, 11) is -4.57. The molecular weight excluding hydrogens is 550 g/mol. The van der Waals surface area contributed by atoms with E-state index in [1.54, 1.807) is 26.0 Å². The van der Waals surface area contributed by atoms with Gasteiger partial charge < -0.3 is 5.11 Å². The first-order valence-corrected chi connectivity index (χ1v) is 14.5. The minimum atomic E-state index is -4.57. The zero-order valence-electron chi connectivity index (χ0n) is 22.7. The van der Waals surface area contributed by atoms with Gasteiger partial charge in [-0.1, -0.05) is 38.5 Å². The quantitative estimate of drug-likeness (QED) is 0.255. The van der Waals surface area contributed by atoms with Crippen molar-refractivity contribution in [1.82, 2.24) is 14.5 Å². The number of hydrogen-bond donors (Lipinski definition) is 1. The minimum absolute atomic E-state index is 0.159. The second kappa shape index (κ2) is 12.0. The van der Waals surface area contributed by atoms with Crippen LogP contribution >= 0.6 is 0 Å². The molecule has 4 rings (SSSR count). The fourth-order valence-electron chi connectivity index (χ4n) is 4.77. The predicted molar refractivity (Wildman–Crippen MR) is 148 cm³/mol. The zero-order valence-corrected chi connectivity index (χ0v) is 23.5. The molecule has 4 aromatic rings. The number of rotatable bonds is 9. The number of sulfone groups is 1. The van der Waals surface area contributed by atoms with Crippen molar-refractivity contribution in [1.29, 1.82) is 5.26 Å². The third-order valence-corrected chi connectivity index (χ3v) is 8.76. The first kappa shape index (κ1) is 29.6. The first-order valence-electron chi connectivity index (χ1n) is 13.1. The van der Waals surface area contributed by atoms with Gasteiger partial charge in [-0.05, 0) is 66.8 Å². The highest BCUT2D eigenvalue weighted by Gasteiger charge is 2.32. The lowest BCUT2D eigenvalue weighted by atomic mass is 10.0. The highest BCUT2D eigenvalue weighted by molar-refractivity contribution is 7.91. The third kappa shape index (κ3) is 5.60. The Bertz CT molecular complexity index is 1810. The largest absolute Gasteiger partial charge is 0.493 e. The van der Waals surface area contributed by atoms with Crippen molar-refractivity contribution in [2.45, 2.75) is 62.3 Å².